The molecule has 0 aromatic rings. The molecular weight excluding hydrogens is 228 g/mol. The van der Waals surface area contributed by atoms with E-state index in [2.05, 4.69) is 0 Å². The van der Waals surface area contributed by atoms with Crippen molar-refractivity contribution in [2.45, 2.75) is 19.1 Å². The number of rotatable bonds is 2. The second kappa shape index (κ2) is 2.90. The molecular formula is C11H12O4S. The minimum Gasteiger partial charge on any atom is -0.392 e. The number of fused-ring (bicyclic) bond motifs is 5. The average Bonchev–Trinajstić information content (AvgIpc) is 2.84. The predicted molar refractivity (Wildman–Crippen MR) is 57.8 cm³/mol. The molecule has 3 aliphatic heterocycles. The molecule has 4 unspecified atom stereocenters. The fourth-order valence-corrected chi connectivity index (χ4v) is 4.07. The Morgan fingerprint density at radius 2 is 2.00 bits per heavy atom. The van der Waals surface area contributed by atoms with E-state index in [1.807, 2.05) is 18.4 Å². The number of thioether (sulfide) groups is 1. The van der Waals surface area contributed by atoms with Gasteiger partial charge < -0.3 is 9.47 Å². The molecule has 0 saturated carbocycles. The minimum absolute atomic E-state index is 0.311. The first kappa shape index (κ1) is 10.4. The highest BCUT2D eigenvalue weighted by Crippen LogP contribution is 2.62. The first-order valence-corrected chi connectivity index (χ1v) is 6.56. The van der Waals surface area contributed by atoms with Gasteiger partial charge in [0.05, 0.1) is 12.2 Å². The largest absolute Gasteiger partial charge is 0.392 e. The Kier molecular flexibility index (Phi) is 1.87. The van der Waals surface area contributed by atoms with Gasteiger partial charge in [0, 0.05) is 5.75 Å². The predicted octanol–water partition coefficient (Wildman–Crippen LogP) is 0.763. The molecule has 2 saturated heterocycles. The Bertz CT molecular complexity index is 418. The minimum atomic E-state index is -0.841. The van der Waals surface area contributed by atoms with Crippen LogP contribution in [0, 0.1) is 10.8 Å². The molecule has 0 spiro atoms. The molecule has 3 rings (SSSR count). The number of carbonyl (C=O) groups excluding carboxylic acids is 2. The zero-order valence-corrected chi connectivity index (χ0v) is 9.87. The third kappa shape index (κ3) is 0.810. The Morgan fingerprint density at radius 3 is 2.69 bits per heavy atom. The van der Waals surface area contributed by atoms with Gasteiger partial charge in [-0.05, 0) is 13.2 Å². The van der Waals surface area contributed by atoms with Gasteiger partial charge in [0.2, 0.25) is 0 Å². The van der Waals surface area contributed by atoms with Crippen LogP contribution in [0.4, 0.5) is 0 Å². The fraction of sp³-hybridized carbons (Fsp3) is 0.636. The standard InChI is InChI=1S/C11H12O4S/c1-10-6-3-4-7(14-6)11(10,5-16-2)9(13)15-8(10)12/h3-4,6-7H,5H2,1-2H3. The summed E-state index contributed by atoms with van der Waals surface area (Å²) in [6, 6.07) is 0. The molecule has 0 aromatic heterocycles. The van der Waals surface area contributed by atoms with Crippen molar-refractivity contribution in [3.8, 4) is 0 Å². The Hall–Kier alpha value is -0.810. The lowest BCUT2D eigenvalue weighted by Crippen LogP contribution is -2.50. The molecule has 4 atom stereocenters. The van der Waals surface area contributed by atoms with Crippen LogP contribution in [0.1, 0.15) is 6.92 Å². The van der Waals surface area contributed by atoms with Crippen molar-refractivity contribution in [2.24, 2.45) is 10.8 Å². The van der Waals surface area contributed by atoms with Crippen molar-refractivity contribution in [2.75, 3.05) is 12.0 Å². The van der Waals surface area contributed by atoms with Gasteiger partial charge in [0.15, 0.2) is 0 Å². The Morgan fingerprint density at radius 1 is 1.31 bits per heavy atom. The monoisotopic (exact) mass is 240 g/mol. The summed E-state index contributed by atoms with van der Waals surface area (Å²) in [5.41, 5.74) is -1.66. The van der Waals surface area contributed by atoms with Crippen molar-refractivity contribution in [1.82, 2.24) is 0 Å². The molecule has 0 amide bonds. The van der Waals surface area contributed by atoms with E-state index < -0.39 is 22.8 Å². The number of hydrogen-bond acceptors (Lipinski definition) is 5. The zero-order valence-electron chi connectivity index (χ0n) is 9.06. The topological polar surface area (TPSA) is 52.6 Å². The number of carbonyl (C=O) groups is 2. The summed E-state index contributed by atoms with van der Waals surface area (Å²) < 4.78 is 10.5. The lowest BCUT2D eigenvalue weighted by atomic mass is 9.61. The first-order valence-electron chi connectivity index (χ1n) is 5.17. The fourth-order valence-electron chi connectivity index (χ4n) is 3.04. The normalized spacial score (nSPS) is 48.6. The highest BCUT2D eigenvalue weighted by atomic mass is 32.2. The molecule has 16 heavy (non-hydrogen) atoms. The van der Waals surface area contributed by atoms with Crippen molar-refractivity contribution in [3.05, 3.63) is 12.2 Å². The van der Waals surface area contributed by atoms with Crippen LogP contribution in [-0.4, -0.2) is 36.2 Å². The van der Waals surface area contributed by atoms with Gasteiger partial charge in [-0.3, -0.25) is 9.59 Å². The lowest BCUT2D eigenvalue weighted by molar-refractivity contribution is -0.159. The zero-order chi connectivity index (χ0) is 11.6. The molecule has 2 fully saturated rings. The summed E-state index contributed by atoms with van der Waals surface area (Å²) in [7, 11) is 0. The quantitative estimate of drug-likeness (QED) is 0.405. The van der Waals surface area contributed by atoms with Crippen molar-refractivity contribution >= 4 is 23.7 Å². The van der Waals surface area contributed by atoms with Crippen LogP contribution in [0.2, 0.25) is 0 Å². The molecule has 86 valence electrons. The maximum atomic E-state index is 12.0. The molecule has 5 heteroatoms. The van der Waals surface area contributed by atoms with E-state index in [0.29, 0.717) is 5.75 Å². The summed E-state index contributed by atoms with van der Waals surface area (Å²) in [5, 5.41) is 0. The van der Waals surface area contributed by atoms with E-state index in [1.165, 1.54) is 0 Å². The van der Waals surface area contributed by atoms with E-state index >= 15 is 0 Å². The van der Waals surface area contributed by atoms with Crippen LogP contribution in [0.3, 0.4) is 0 Å². The van der Waals surface area contributed by atoms with Crippen molar-refractivity contribution in [3.63, 3.8) is 0 Å². The molecule has 3 heterocycles. The van der Waals surface area contributed by atoms with Crippen LogP contribution in [0.25, 0.3) is 0 Å². The third-order valence-corrected chi connectivity index (χ3v) is 4.83. The second-order valence-corrected chi connectivity index (χ2v) is 5.51. The van der Waals surface area contributed by atoms with Crippen molar-refractivity contribution < 1.29 is 19.1 Å². The molecule has 0 aliphatic carbocycles. The third-order valence-electron chi connectivity index (χ3n) is 4.08. The van der Waals surface area contributed by atoms with Crippen molar-refractivity contribution in [1.29, 1.82) is 0 Å². The summed E-state index contributed by atoms with van der Waals surface area (Å²) in [4.78, 5) is 23.9. The number of hydrogen-bond donors (Lipinski definition) is 0. The van der Waals surface area contributed by atoms with Crippen LogP contribution < -0.4 is 0 Å². The van der Waals surface area contributed by atoms with Crippen LogP contribution >= 0.6 is 11.8 Å². The lowest BCUT2D eigenvalue weighted by Gasteiger charge is -2.34. The summed E-state index contributed by atoms with van der Waals surface area (Å²) in [6.07, 6.45) is 5.03. The smallest absolute Gasteiger partial charge is 0.324 e. The Labute approximate surface area is 97.4 Å². The Balaban J connectivity index is 2.19. The summed E-state index contributed by atoms with van der Waals surface area (Å²) in [6.45, 7) is 1.78. The van der Waals surface area contributed by atoms with Gasteiger partial charge >= 0.3 is 11.9 Å². The van der Waals surface area contributed by atoms with E-state index in [9.17, 15) is 9.59 Å². The molecule has 0 aromatic carbocycles. The highest BCUT2D eigenvalue weighted by Gasteiger charge is 2.77. The van der Waals surface area contributed by atoms with Gasteiger partial charge in [-0.15, -0.1) is 0 Å². The maximum Gasteiger partial charge on any atom is 0.324 e. The maximum absolute atomic E-state index is 12.0. The molecule has 4 nitrogen and oxygen atoms in total. The highest BCUT2D eigenvalue weighted by molar-refractivity contribution is 7.98. The van der Waals surface area contributed by atoms with Gasteiger partial charge in [-0.1, -0.05) is 12.2 Å². The second-order valence-electron chi connectivity index (χ2n) is 4.65. The van der Waals surface area contributed by atoms with Gasteiger partial charge in [0.25, 0.3) is 0 Å². The number of esters is 2. The van der Waals surface area contributed by atoms with E-state index in [1.54, 1.807) is 18.7 Å². The average molecular weight is 240 g/mol. The van der Waals surface area contributed by atoms with Gasteiger partial charge in [0.1, 0.15) is 10.8 Å². The molecule has 3 aliphatic rings. The molecule has 0 radical (unpaired) electrons. The van der Waals surface area contributed by atoms with E-state index in [-0.39, 0.29) is 12.2 Å². The van der Waals surface area contributed by atoms with Crippen LogP contribution in [0.5, 0.6) is 0 Å². The van der Waals surface area contributed by atoms with Gasteiger partial charge in [-0.2, -0.15) is 11.8 Å². The van der Waals surface area contributed by atoms with E-state index in [0.717, 1.165) is 0 Å². The molecule has 2 bridgehead atoms. The summed E-state index contributed by atoms with van der Waals surface area (Å²) in [5.74, 6) is -0.311. The number of ether oxygens (including phenoxy) is 2. The first-order chi connectivity index (χ1) is 7.57. The van der Waals surface area contributed by atoms with Crippen LogP contribution in [-0.2, 0) is 19.1 Å². The number of cyclic esters (lactones) is 2. The summed E-state index contributed by atoms with van der Waals surface area (Å²) >= 11 is 1.54. The molecule has 0 N–H and O–H groups in total. The van der Waals surface area contributed by atoms with Crippen LogP contribution in [0.15, 0.2) is 12.2 Å². The SMILES string of the molecule is CSCC12C(=O)OC(=O)C1(C)C1C=CC2O1. The van der Waals surface area contributed by atoms with E-state index in [4.69, 9.17) is 9.47 Å². The van der Waals surface area contributed by atoms with Gasteiger partial charge in [-0.25, -0.2) is 0 Å².